The molecule has 0 aliphatic carbocycles. The number of benzene rings is 1. The van der Waals surface area contributed by atoms with E-state index in [9.17, 15) is 14.4 Å². The highest BCUT2D eigenvalue weighted by atomic mass is 32.1. The average molecular weight is 467 g/mol. The van der Waals surface area contributed by atoms with Gasteiger partial charge in [-0.3, -0.25) is 19.0 Å². The highest BCUT2D eigenvalue weighted by molar-refractivity contribution is 7.20. The number of nitrogens with zero attached hydrogens (tertiary/aromatic N) is 3. The first-order chi connectivity index (χ1) is 15.8. The maximum atomic E-state index is 13.2. The molecule has 2 atom stereocenters. The number of rotatable bonds is 5. The van der Waals surface area contributed by atoms with Crippen LogP contribution in [0.2, 0.25) is 0 Å². The molecule has 1 aromatic carbocycles. The second kappa shape index (κ2) is 9.47. The number of likely N-dealkylation sites (tertiary alicyclic amines) is 1. The Bertz CT molecular complexity index is 1240. The van der Waals surface area contributed by atoms with E-state index in [1.165, 1.54) is 27.8 Å². The quantitative estimate of drug-likeness (QED) is 0.614. The zero-order valence-electron chi connectivity index (χ0n) is 19.6. The number of fused-ring (bicyclic) bond motifs is 1. The van der Waals surface area contributed by atoms with Crippen LogP contribution in [0.1, 0.15) is 48.0 Å². The van der Waals surface area contributed by atoms with Crippen LogP contribution in [0.5, 0.6) is 0 Å². The van der Waals surface area contributed by atoms with Crippen molar-refractivity contribution in [1.82, 2.24) is 14.5 Å². The lowest BCUT2D eigenvalue weighted by atomic mass is 9.92. The number of nitrogens with one attached hydrogen (secondary N) is 1. The van der Waals surface area contributed by atoms with Crippen LogP contribution < -0.4 is 10.9 Å². The first kappa shape index (κ1) is 23.2. The van der Waals surface area contributed by atoms with E-state index in [-0.39, 0.29) is 23.9 Å². The van der Waals surface area contributed by atoms with Crippen molar-refractivity contribution in [1.29, 1.82) is 0 Å². The van der Waals surface area contributed by atoms with Crippen LogP contribution in [0.25, 0.3) is 10.2 Å². The fourth-order valence-electron chi connectivity index (χ4n) is 4.61. The number of amides is 2. The van der Waals surface area contributed by atoms with E-state index < -0.39 is 0 Å². The van der Waals surface area contributed by atoms with Crippen molar-refractivity contribution < 1.29 is 9.59 Å². The molecule has 1 aliphatic rings. The molecular formula is C25H30N4O3S. The van der Waals surface area contributed by atoms with Crippen molar-refractivity contribution in [2.75, 3.05) is 18.4 Å². The Kier molecular flexibility index (Phi) is 6.65. The Morgan fingerprint density at radius 2 is 1.82 bits per heavy atom. The molecule has 4 rings (SSSR count). The van der Waals surface area contributed by atoms with E-state index in [2.05, 4.69) is 31.1 Å². The highest BCUT2D eigenvalue weighted by Crippen LogP contribution is 2.28. The monoisotopic (exact) mass is 466 g/mol. The summed E-state index contributed by atoms with van der Waals surface area (Å²) in [7, 11) is 0. The Morgan fingerprint density at radius 3 is 2.45 bits per heavy atom. The first-order valence-corrected chi connectivity index (χ1v) is 12.2. The van der Waals surface area contributed by atoms with Gasteiger partial charge in [0.05, 0.1) is 16.6 Å². The largest absolute Gasteiger partial charge is 0.341 e. The lowest BCUT2D eigenvalue weighted by Gasteiger charge is -2.35. The number of hydrogen-bond acceptors (Lipinski definition) is 5. The molecule has 3 aromatic rings. The van der Waals surface area contributed by atoms with Gasteiger partial charge in [0.2, 0.25) is 5.91 Å². The third-order valence-corrected chi connectivity index (χ3v) is 7.47. The summed E-state index contributed by atoms with van der Waals surface area (Å²) in [5, 5.41) is 3.31. The van der Waals surface area contributed by atoms with Gasteiger partial charge < -0.3 is 10.2 Å². The van der Waals surface area contributed by atoms with Crippen LogP contribution in [-0.4, -0.2) is 39.4 Å². The highest BCUT2D eigenvalue weighted by Gasteiger charge is 2.26. The van der Waals surface area contributed by atoms with Crippen LogP contribution in [-0.2, 0) is 17.8 Å². The van der Waals surface area contributed by atoms with Gasteiger partial charge in [-0.05, 0) is 54.9 Å². The number of hydrogen-bond donors (Lipinski definition) is 1. The second-order valence-electron chi connectivity index (χ2n) is 9.16. The number of aryl methyl sites for hydroxylation is 2. The summed E-state index contributed by atoms with van der Waals surface area (Å²) in [6, 6.07) is 7.71. The Morgan fingerprint density at radius 1 is 1.15 bits per heavy atom. The van der Waals surface area contributed by atoms with Gasteiger partial charge in [-0.1, -0.05) is 32.9 Å². The number of aromatic nitrogens is 2. The summed E-state index contributed by atoms with van der Waals surface area (Å²) in [5.74, 6) is 0.567. The third-order valence-electron chi connectivity index (χ3n) is 6.27. The van der Waals surface area contributed by atoms with Crippen molar-refractivity contribution >= 4 is 39.1 Å². The molecule has 2 amide bonds. The SMILES string of the molecule is CCc1ccc(NC(=O)c2sc3ncn(CC(=O)N4CC(C)CC(C)C4)c(=O)c3c2C)cc1. The normalized spacial score (nSPS) is 18.5. The smallest absolute Gasteiger partial charge is 0.266 e. The molecule has 1 fully saturated rings. The Labute approximate surface area is 197 Å². The third kappa shape index (κ3) is 4.85. The minimum Gasteiger partial charge on any atom is -0.341 e. The van der Waals surface area contributed by atoms with Gasteiger partial charge in [-0.15, -0.1) is 11.3 Å². The van der Waals surface area contributed by atoms with Crippen LogP contribution in [0, 0.1) is 18.8 Å². The van der Waals surface area contributed by atoms with Gasteiger partial charge in [-0.2, -0.15) is 0 Å². The van der Waals surface area contributed by atoms with Crippen LogP contribution in [0.4, 0.5) is 5.69 Å². The van der Waals surface area contributed by atoms with Crippen molar-refractivity contribution in [2.45, 2.75) is 47.1 Å². The van der Waals surface area contributed by atoms with E-state index in [4.69, 9.17) is 0 Å². The molecule has 0 radical (unpaired) electrons. The van der Waals surface area contributed by atoms with E-state index in [0.29, 0.717) is 51.3 Å². The topological polar surface area (TPSA) is 84.3 Å². The number of thiophene rings is 1. The van der Waals surface area contributed by atoms with Crippen molar-refractivity contribution in [3.05, 3.63) is 57.0 Å². The maximum Gasteiger partial charge on any atom is 0.266 e. The summed E-state index contributed by atoms with van der Waals surface area (Å²) in [4.78, 5) is 46.2. The molecule has 1 aliphatic heterocycles. The molecule has 8 heteroatoms. The molecule has 2 unspecified atom stereocenters. The summed E-state index contributed by atoms with van der Waals surface area (Å²) in [6.45, 7) is 9.53. The second-order valence-corrected chi connectivity index (χ2v) is 10.2. The molecule has 1 N–H and O–H groups in total. The van der Waals surface area contributed by atoms with Crippen LogP contribution in [0.15, 0.2) is 35.4 Å². The van der Waals surface area contributed by atoms with E-state index in [1.54, 1.807) is 6.92 Å². The molecule has 2 aromatic heterocycles. The lowest BCUT2D eigenvalue weighted by Crippen LogP contribution is -2.44. The van der Waals surface area contributed by atoms with Crippen molar-refractivity contribution in [3.8, 4) is 0 Å². The molecule has 3 heterocycles. The first-order valence-electron chi connectivity index (χ1n) is 11.4. The number of carbonyl (C=O) groups excluding carboxylic acids is 2. The fraction of sp³-hybridized carbons (Fsp3) is 0.440. The Hall–Kier alpha value is -3.00. The van der Waals surface area contributed by atoms with E-state index in [1.807, 2.05) is 29.2 Å². The molecular weight excluding hydrogens is 436 g/mol. The minimum absolute atomic E-state index is 0.0399. The zero-order valence-corrected chi connectivity index (χ0v) is 20.4. The maximum absolute atomic E-state index is 13.2. The predicted octanol–water partition coefficient (Wildman–Crippen LogP) is 4.09. The van der Waals surface area contributed by atoms with Crippen molar-refractivity contribution in [3.63, 3.8) is 0 Å². The summed E-state index contributed by atoms with van der Waals surface area (Å²) in [5.41, 5.74) is 2.21. The number of carbonyl (C=O) groups is 2. The Balaban J connectivity index is 1.56. The standard InChI is InChI=1S/C25H30N4O3S/c1-5-18-6-8-19(9-7-18)27-23(31)22-17(4)21-24(33-22)26-14-29(25(21)32)13-20(30)28-11-15(2)10-16(3)12-28/h6-9,14-16H,5,10-13H2,1-4H3,(H,27,31). The van der Waals surface area contributed by atoms with Gasteiger partial charge in [0.15, 0.2) is 0 Å². The van der Waals surface area contributed by atoms with Gasteiger partial charge in [-0.25, -0.2) is 4.98 Å². The molecule has 1 saturated heterocycles. The van der Waals surface area contributed by atoms with Gasteiger partial charge in [0, 0.05) is 18.8 Å². The predicted molar refractivity (Wildman–Crippen MR) is 132 cm³/mol. The van der Waals surface area contributed by atoms with Gasteiger partial charge in [0.1, 0.15) is 11.4 Å². The molecule has 0 spiro atoms. The molecule has 0 saturated carbocycles. The molecule has 0 bridgehead atoms. The summed E-state index contributed by atoms with van der Waals surface area (Å²) < 4.78 is 1.36. The summed E-state index contributed by atoms with van der Waals surface area (Å²) in [6.07, 6.45) is 3.46. The van der Waals surface area contributed by atoms with Crippen LogP contribution >= 0.6 is 11.3 Å². The average Bonchev–Trinajstić information content (AvgIpc) is 3.12. The van der Waals surface area contributed by atoms with Gasteiger partial charge in [0.25, 0.3) is 11.5 Å². The zero-order chi connectivity index (χ0) is 23.7. The molecule has 33 heavy (non-hydrogen) atoms. The summed E-state index contributed by atoms with van der Waals surface area (Å²) >= 11 is 1.20. The molecule has 174 valence electrons. The number of anilines is 1. The fourth-order valence-corrected chi connectivity index (χ4v) is 5.65. The number of piperidine rings is 1. The molecule has 7 nitrogen and oxygen atoms in total. The van der Waals surface area contributed by atoms with Crippen molar-refractivity contribution in [2.24, 2.45) is 11.8 Å². The van der Waals surface area contributed by atoms with E-state index >= 15 is 0 Å². The van der Waals surface area contributed by atoms with Gasteiger partial charge >= 0.3 is 0 Å². The minimum atomic E-state index is -0.286. The lowest BCUT2D eigenvalue weighted by molar-refractivity contribution is -0.134. The van der Waals surface area contributed by atoms with E-state index in [0.717, 1.165) is 12.8 Å². The van der Waals surface area contributed by atoms with Crippen LogP contribution in [0.3, 0.4) is 0 Å².